The Balaban J connectivity index is 1.77. The van der Waals surface area contributed by atoms with Gasteiger partial charge in [0.15, 0.2) is 0 Å². The Hall–Kier alpha value is -2.82. The SMILES string of the molecule is COc1cccc(N2CC(C(=O)Nc3c(C)cccc3C(C)C)CC2=O)c1. The number of benzene rings is 2. The molecule has 0 aliphatic carbocycles. The summed E-state index contributed by atoms with van der Waals surface area (Å²) in [6.45, 7) is 6.58. The lowest BCUT2D eigenvalue weighted by Gasteiger charge is -2.19. The van der Waals surface area contributed by atoms with Gasteiger partial charge >= 0.3 is 0 Å². The summed E-state index contributed by atoms with van der Waals surface area (Å²) < 4.78 is 5.23. The number of carbonyl (C=O) groups excluding carboxylic acids is 2. The van der Waals surface area contributed by atoms with Crippen molar-refractivity contribution in [2.75, 3.05) is 23.9 Å². The second kappa shape index (κ2) is 7.82. The molecule has 0 saturated carbocycles. The summed E-state index contributed by atoms with van der Waals surface area (Å²) in [4.78, 5) is 27.0. The quantitative estimate of drug-likeness (QED) is 0.866. The predicted octanol–water partition coefficient (Wildman–Crippen LogP) is 4.12. The summed E-state index contributed by atoms with van der Waals surface area (Å²) in [6, 6.07) is 13.4. The molecule has 0 aromatic heterocycles. The standard InChI is InChI=1S/C22H26N2O3/c1-14(2)19-10-5-7-15(3)21(19)23-22(26)16-11-20(25)24(13-16)17-8-6-9-18(12-17)27-4/h5-10,12,14,16H,11,13H2,1-4H3,(H,23,26). The van der Waals surface area contributed by atoms with Crippen LogP contribution in [0.5, 0.6) is 5.75 Å². The molecule has 142 valence electrons. The van der Waals surface area contributed by atoms with Crippen LogP contribution in [0, 0.1) is 12.8 Å². The van der Waals surface area contributed by atoms with Crippen LogP contribution in [-0.2, 0) is 9.59 Å². The third-order valence-electron chi connectivity index (χ3n) is 5.04. The first kappa shape index (κ1) is 19.0. The predicted molar refractivity (Wildman–Crippen MR) is 107 cm³/mol. The third kappa shape index (κ3) is 3.97. The first-order valence-corrected chi connectivity index (χ1v) is 9.25. The van der Waals surface area contributed by atoms with E-state index in [9.17, 15) is 9.59 Å². The Labute approximate surface area is 160 Å². The molecule has 5 nitrogen and oxygen atoms in total. The second-order valence-corrected chi connectivity index (χ2v) is 7.29. The average molecular weight is 366 g/mol. The van der Waals surface area contributed by atoms with Gasteiger partial charge in [0.05, 0.1) is 13.0 Å². The van der Waals surface area contributed by atoms with Gasteiger partial charge in [0.25, 0.3) is 0 Å². The summed E-state index contributed by atoms with van der Waals surface area (Å²) >= 11 is 0. The zero-order valence-corrected chi connectivity index (χ0v) is 16.3. The monoisotopic (exact) mass is 366 g/mol. The first-order chi connectivity index (χ1) is 12.9. The van der Waals surface area contributed by atoms with Crippen LogP contribution in [-0.4, -0.2) is 25.5 Å². The van der Waals surface area contributed by atoms with E-state index in [1.165, 1.54) is 0 Å². The van der Waals surface area contributed by atoms with E-state index in [0.29, 0.717) is 18.2 Å². The van der Waals surface area contributed by atoms with E-state index in [4.69, 9.17) is 4.74 Å². The lowest BCUT2D eigenvalue weighted by molar-refractivity contribution is -0.122. The maximum atomic E-state index is 12.9. The number of carbonyl (C=O) groups is 2. The molecule has 3 rings (SSSR count). The molecule has 0 spiro atoms. The highest BCUT2D eigenvalue weighted by Gasteiger charge is 2.35. The molecule has 27 heavy (non-hydrogen) atoms. The molecule has 2 amide bonds. The Morgan fingerprint density at radius 1 is 1.22 bits per heavy atom. The number of anilines is 2. The van der Waals surface area contributed by atoms with Gasteiger partial charge in [-0.1, -0.05) is 38.1 Å². The van der Waals surface area contributed by atoms with Gasteiger partial charge in [0.1, 0.15) is 5.75 Å². The van der Waals surface area contributed by atoms with Crippen molar-refractivity contribution in [3.63, 3.8) is 0 Å². The Morgan fingerprint density at radius 2 is 1.96 bits per heavy atom. The molecule has 1 atom stereocenters. The molecule has 1 saturated heterocycles. The number of amides is 2. The summed E-state index contributed by atoms with van der Waals surface area (Å²) in [6.07, 6.45) is 0.214. The van der Waals surface area contributed by atoms with Crippen LogP contribution >= 0.6 is 0 Å². The van der Waals surface area contributed by atoms with Gasteiger partial charge in [0, 0.05) is 30.4 Å². The van der Waals surface area contributed by atoms with Gasteiger partial charge in [-0.15, -0.1) is 0 Å². The zero-order valence-electron chi connectivity index (χ0n) is 16.3. The van der Waals surface area contributed by atoms with Crippen LogP contribution in [0.1, 0.15) is 37.3 Å². The Bertz CT molecular complexity index is 860. The Kier molecular flexibility index (Phi) is 5.49. The van der Waals surface area contributed by atoms with Crippen molar-refractivity contribution < 1.29 is 14.3 Å². The minimum Gasteiger partial charge on any atom is -0.497 e. The number of methoxy groups -OCH3 is 1. The van der Waals surface area contributed by atoms with Crippen molar-refractivity contribution >= 4 is 23.2 Å². The molecule has 1 unspecified atom stereocenters. The van der Waals surface area contributed by atoms with Crippen LogP contribution < -0.4 is 15.0 Å². The Morgan fingerprint density at radius 3 is 2.67 bits per heavy atom. The van der Waals surface area contributed by atoms with Gasteiger partial charge in [-0.3, -0.25) is 9.59 Å². The fourth-order valence-electron chi connectivity index (χ4n) is 3.48. The minimum absolute atomic E-state index is 0.0442. The maximum absolute atomic E-state index is 12.9. The van der Waals surface area contributed by atoms with Crippen LogP contribution in [0.15, 0.2) is 42.5 Å². The summed E-state index contributed by atoms with van der Waals surface area (Å²) in [5.41, 5.74) is 3.76. The molecule has 5 heteroatoms. The fraction of sp³-hybridized carbons (Fsp3) is 0.364. The van der Waals surface area contributed by atoms with E-state index in [2.05, 4.69) is 19.2 Å². The molecule has 0 bridgehead atoms. The van der Waals surface area contributed by atoms with Gasteiger partial charge in [-0.2, -0.15) is 0 Å². The van der Waals surface area contributed by atoms with Crippen molar-refractivity contribution in [2.24, 2.45) is 5.92 Å². The normalized spacial score (nSPS) is 16.7. The number of nitrogens with zero attached hydrogens (tertiary/aromatic N) is 1. The number of para-hydroxylation sites is 1. The number of hydrogen-bond acceptors (Lipinski definition) is 3. The van der Waals surface area contributed by atoms with Crippen molar-refractivity contribution in [3.8, 4) is 5.75 Å². The highest BCUT2D eigenvalue weighted by atomic mass is 16.5. The number of ether oxygens (including phenoxy) is 1. The summed E-state index contributed by atoms with van der Waals surface area (Å²) in [5.74, 6) is 0.471. The topological polar surface area (TPSA) is 58.6 Å². The van der Waals surface area contributed by atoms with E-state index in [1.54, 1.807) is 12.0 Å². The molecule has 1 fully saturated rings. The lowest BCUT2D eigenvalue weighted by Crippen LogP contribution is -2.28. The van der Waals surface area contributed by atoms with Crippen molar-refractivity contribution in [1.82, 2.24) is 0 Å². The van der Waals surface area contributed by atoms with Gasteiger partial charge < -0.3 is 15.0 Å². The number of rotatable bonds is 5. The molecule has 1 heterocycles. The number of hydrogen-bond donors (Lipinski definition) is 1. The van der Waals surface area contributed by atoms with E-state index in [-0.39, 0.29) is 24.2 Å². The number of aryl methyl sites for hydroxylation is 1. The maximum Gasteiger partial charge on any atom is 0.229 e. The largest absolute Gasteiger partial charge is 0.497 e. The first-order valence-electron chi connectivity index (χ1n) is 9.25. The van der Waals surface area contributed by atoms with Gasteiger partial charge in [-0.05, 0) is 36.1 Å². The highest BCUT2D eigenvalue weighted by Crippen LogP contribution is 2.31. The molecular weight excluding hydrogens is 340 g/mol. The average Bonchev–Trinajstić information content (AvgIpc) is 3.05. The molecule has 0 radical (unpaired) electrons. The van der Waals surface area contributed by atoms with Crippen molar-refractivity contribution in [2.45, 2.75) is 33.1 Å². The highest BCUT2D eigenvalue weighted by molar-refractivity contribution is 6.04. The van der Waals surface area contributed by atoms with Crippen molar-refractivity contribution in [1.29, 1.82) is 0 Å². The summed E-state index contributed by atoms with van der Waals surface area (Å²) in [7, 11) is 1.59. The van der Waals surface area contributed by atoms with Gasteiger partial charge in [0.2, 0.25) is 11.8 Å². The molecule has 1 N–H and O–H groups in total. The molecule has 2 aromatic rings. The van der Waals surface area contributed by atoms with E-state index in [1.807, 2.05) is 49.4 Å². The van der Waals surface area contributed by atoms with Gasteiger partial charge in [-0.25, -0.2) is 0 Å². The van der Waals surface area contributed by atoms with E-state index >= 15 is 0 Å². The molecule has 1 aliphatic heterocycles. The minimum atomic E-state index is -0.372. The molecule has 1 aliphatic rings. The van der Waals surface area contributed by atoms with Crippen molar-refractivity contribution in [3.05, 3.63) is 53.6 Å². The lowest BCUT2D eigenvalue weighted by atomic mass is 9.97. The van der Waals surface area contributed by atoms with E-state index in [0.717, 1.165) is 22.5 Å². The fourth-order valence-corrected chi connectivity index (χ4v) is 3.48. The third-order valence-corrected chi connectivity index (χ3v) is 5.04. The second-order valence-electron chi connectivity index (χ2n) is 7.29. The van der Waals surface area contributed by atoms with Crippen LogP contribution in [0.2, 0.25) is 0 Å². The summed E-state index contributed by atoms with van der Waals surface area (Å²) in [5, 5.41) is 3.07. The number of nitrogens with one attached hydrogen (secondary N) is 1. The van der Waals surface area contributed by atoms with Crippen LogP contribution in [0.25, 0.3) is 0 Å². The van der Waals surface area contributed by atoms with Crippen LogP contribution in [0.4, 0.5) is 11.4 Å². The van der Waals surface area contributed by atoms with E-state index < -0.39 is 0 Å². The molecular formula is C22H26N2O3. The zero-order chi connectivity index (χ0) is 19.6. The smallest absolute Gasteiger partial charge is 0.229 e. The van der Waals surface area contributed by atoms with Crippen LogP contribution in [0.3, 0.4) is 0 Å². The molecule has 2 aromatic carbocycles.